The predicted octanol–water partition coefficient (Wildman–Crippen LogP) is 2.80. The van der Waals surface area contributed by atoms with Crippen LogP contribution in [0.15, 0.2) is 22.7 Å². The van der Waals surface area contributed by atoms with Crippen LogP contribution in [0.5, 0.6) is 11.5 Å². The Hall–Kier alpha value is -1.00. The summed E-state index contributed by atoms with van der Waals surface area (Å²) >= 11 is 3.47. The van der Waals surface area contributed by atoms with Crippen molar-refractivity contribution in [2.75, 3.05) is 13.8 Å². The molecule has 0 saturated heterocycles. The van der Waals surface area contributed by atoms with E-state index in [1.165, 1.54) is 0 Å². The van der Waals surface area contributed by atoms with Crippen LogP contribution in [0, 0.1) is 0 Å². The third-order valence-corrected chi connectivity index (χ3v) is 3.07. The summed E-state index contributed by atoms with van der Waals surface area (Å²) in [5, 5.41) is 3.15. The first-order chi connectivity index (χ1) is 7.70. The molecule has 0 aromatic heterocycles. The van der Waals surface area contributed by atoms with Crippen LogP contribution in [0.2, 0.25) is 0 Å². The molecule has 4 heteroatoms. The van der Waals surface area contributed by atoms with Crippen molar-refractivity contribution in [3.05, 3.63) is 28.2 Å². The first-order valence-electron chi connectivity index (χ1n) is 5.15. The minimum absolute atomic E-state index is 0.300. The van der Waals surface area contributed by atoms with E-state index < -0.39 is 0 Å². The van der Waals surface area contributed by atoms with E-state index in [9.17, 15) is 0 Å². The highest BCUT2D eigenvalue weighted by atomic mass is 79.9. The molecule has 0 spiro atoms. The van der Waals surface area contributed by atoms with Gasteiger partial charge in [0.05, 0.1) is 4.47 Å². The van der Waals surface area contributed by atoms with Gasteiger partial charge in [0.1, 0.15) is 0 Å². The van der Waals surface area contributed by atoms with E-state index in [1.54, 1.807) is 0 Å². The molecule has 86 valence electrons. The quantitative estimate of drug-likeness (QED) is 0.925. The maximum atomic E-state index is 5.35. The number of rotatable bonds is 3. The van der Waals surface area contributed by atoms with E-state index in [0.717, 1.165) is 21.5 Å². The lowest BCUT2D eigenvalue weighted by Gasteiger charge is -2.04. The van der Waals surface area contributed by atoms with E-state index in [0.29, 0.717) is 12.8 Å². The zero-order chi connectivity index (χ0) is 11.5. The summed E-state index contributed by atoms with van der Waals surface area (Å²) in [4.78, 5) is 0. The number of likely N-dealkylation sites (N-methyl/N-ethyl adjacent to an activating group) is 1. The van der Waals surface area contributed by atoms with Crippen molar-refractivity contribution >= 4 is 22.0 Å². The minimum Gasteiger partial charge on any atom is -0.454 e. The summed E-state index contributed by atoms with van der Waals surface area (Å²) in [6, 6.07) is 4.35. The zero-order valence-electron chi connectivity index (χ0n) is 9.29. The van der Waals surface area contributed by atoms with Crippen molar-refractivity contribution in [1.82, 2.24) is 5.32 Å². The topological polar surface area (TPSA) is 30.5 Å². The Morgan fingerprint density at radius 1 is 1.44 bits per heavy atom. The molecule has 0 saturated carbocycles. The van der Waals surface area contributed by atoms with Crippen LogP contribution >= 0.6 is 15.9 Å². The second-order valence-electron chi connectivity index (χ2n) is 3.67. The number of ether oxygens (including phenoxy) is 2. The number of hydrogen-bond donors (Lipinski definition) is 1. The SMILES string of the molecule is CNC(C)/C=C/c1cc(Br)c2c(c1)OCO2. The predicted molar refractivity (Wildman–Crippen MR) is 67.8 cm³/mol. The maximum Gasteiger partial charge on any atom is 0.231 e. The van der Waals surface area contributed by atoms with Gasteiger partial charge in [-0.15, -0.1) is 0 Å². The van der Waals surface area contributed by atoms with E-state index in [-0.39, 0.29) is 0 Å². The van der Waals surface area contributed by atoms with Crippen molar-refractivity contribution in [1.29, 1.82) is 0 Å². The zero-order valence-corrected chi connectivity index (χ0v) is 10.9. The Kier molecular flexibility index (Phi) is 3.51. The van der Waals surface area contributed by atoms with E-state index in [4.69, 9.17) is 9.47 Å². The highest BCUT2D eigenvalue weighted by Gasteiger charge is 2.17. The van der Waals surface area contributed by atoms with Crippen LogP contribution in [0.25, 0.3) is 6.08 Å². The van der Waals surface area contributed by atoms with Gasteiger partial charge in [-0.3, -0.25) is 0 Å². The molecule has 0 aliphatic carbocycles. The molecule has 1 atom stereocenters. The molecule has 1 aromatic carbocycles. The monoisotopic (exact) mass is 283 g/mol. The average Bonchev–Trinajstić information content (AvgIpc) is 2.74. The van der Waals surface area contributed by atoms with E-state index in [1.807, 2.05) is 19.2 Å². The van der Waals surface area contributed by atoms with E-state index in [2.05, 4.69) is 40.3 Å². The third-order valence-electron chi connectivity index (χ3n) is 2.48. The van der Waals surface area contributed by atoms with Crippen LogP contribution in [-0.4, -0.2) is 19.9 Å². The van der Waals surface area contributed by atoms with Gasteiger partial charge in [0, 0.05) is 6.04 Å². The lowest BCUT2D eigenvalue weighted by Crippen LogP contribution is -2.17. The lowest BCUT2D eigenvalue weighted by molar-refractivity contribution is 0.173. The number of nitrogens with one attached hydrogen (secondary N) is 1. The van der Waals surface area contributed by atoms with E-state index >= 15 is 0 Å². The van der Waals surface area contributed by atoms with Gasteiger partial charge in [-0.1, -0.05) is 12.2 Å². The first-order valence-corrected chi connectivity index (χ1v) is 5.94. The number of fused-ring (bicyclic) bond motifs is 1. The van der Waals surface area contributed by atoms with Gasteiger partial charge >= 0.3 is 0 Å². The van der Waals surface area contributed by atoms with Crippen molar-refractivity contribution in [3.8, 4) is 11.5 Å². The molecule has 0 radical (unpaired) electrons. The lowest BCUT2D eigenvalue weighted by atomic mass is 10.1. The molecule has 16 heavy (non-hydrogen) atoms. The second-order valence-corrected chi connectivity index (χ2v) is 4.53. The minimum atomic E-state index is 0.300. The molecule has 1 aliphatic rings. The summed E-state index contributed by atoms with van der Waals surface area (Å²) in [6.07, 6.45) is 4.16. The molecule has 3 nitrogen and oxygen atoms in total. The summed E-state index contributed by atoms with van der Waals surface area (Å²) in [5.74, 6) is 1.59. The Labute approximate surface area is 104 Å². The molecular formula is C12H14BrNO2. The van der Waals surface area contributed by atoms with Crippen molar-refractivity contribution in [3.63, 3.8) is 0 Å². The van der Waals surface area contributed by atoms with Crippen LogP contribution in [0.4, 0.5) is 0 Å². The fourth-order valence-corrected chi connectivity index (χ4v) is 2.01. The molecule has 1 heterocycles. The standard InChI is InChI=1S/C12H14BrNO2/c1-8(14-2)3-4-9-5-10(13)12-11(6-9)15-7-16-12/h3-6,8,14H,7H2,1-2H3/b4-3+. The van der Waals surface area contributed by atoms with Gasteiger partial charge in [0.2, 0.25) is 6.79 Å². The Balaban J connectivity index is 2.23. The maximum absolute atomic E-state index is 5.35. The van der Waals surface area contributed by atoms with Crippen molar-refractivity contribution < 1.29 is 9.47 Å². The van der Waals surface area contributed by atoms with Crippen molar-refractivity contribution in [2.24, 2.45) is 0 Å². The molecular weight excluding hydrogens is 270 g/mol. The van der Waals surface area contributed by atoms with Gasteiger partial charge in [-0.25, -0.2) is 0 Å². The van der Waals surface area contributed by atoms with Gasteiger partial charge in [-0.2, -0.15) is 0 Å². The van der Waals surface area contributed by atoms with Gasteiger partial charge in [0.25, 0.3) is 0 Å². The highest BCUT2D eigenvalue weighted by molar-refractivity contribution is 9.10. The normalized spacial score (nSPS) is 15.7. The molecule has 1 aromatic rings. The fourth-order valence-electron chi connectivity index (χ4n) is 1.44. The molecule has 1 N–H and O–H groups in total. The third kappa shape index (κ3) is 2.39. The Morgan fingerprint density at radius 3 is 3.00 bits per heavy atom. The smallest absolute Gasteiger partial charge is 0.231 e. The second kappa shape index (κ2) is 4.89. The molecule has 1 aliphatic heterocycles. The van der Waals surface area contributed by atoms with Crippen LogP contribution in [0.3, 0.4) is 0 Å². The highest BCUT2D eigenvalue weighted by Crippen LogP contribution is 2.40. The fraction of sp³-hybridized carbons (Fsp3) is 0.333. The van der Waals surface area contributed by atoms with Gasteiger partial charge in [-0.05, 0) is 47.6 Å². The van der Waals surface area contributed by atoms with Gasteiger partial charge < -0.3 is 14.8 Å². The number of hydrogen-bond acceptors (Lipinski definition) is 3. The molecule has 2 rings (SSSR count). The Morgan fingerprint density at radius 2 is 2.25 bits per heavy atom. The largest absolute Gasteiger partial charge is 0.454 e. The molecule has 0 fully saturated rings. The summed E-state index contributed by atoms with van der Waals surface area (Å²) in [5.41, 5.74) is 1.10. The molecule has 1 unspecified atom stereocenters. The first kappa shape index (κ1) is 11.5. The van der Waals surface area contributed by atoms with Crippen LogP contribution in [0.1, 0.15) is 12.5 Å². The summed E-state index contributed by atoms with van der Waals surface area (Å²) in [7, 11) is 1.94. The molecule has 0 amide bonds. The van der Waals surface area contributed by atoms with Crippen LogP contribution < -0.4 is 14.8 Å². The van der Waals surface area contributed by atoms with Crippen molar-refractivity contribution in [2.45, 2.75) is 13.0 Å². The van der Waals surface area contributed by atoms with Gasteiger partial charge in [0.15, 0.2) is 11.5 Å². The number of halogens is 1. The average molecular weight is 284 g/mol. The summed E-state index contributed by atoms with van der Waals surface area (Å²) < 4.78 is 11.6. The summed E-state index contributed by atoms with van der Waals surface area (Å²) in [6.45, 7) is 2.40. The molecule has 0 bridgehead atoms. The Bertz CT molecular complexity index is 418. The van der Waals surface area contributed by atoms with Crippen LogP contribution in [-0.2, 0) is 0 Å². The number of benzene rings is 1.